The molecule has 0 radical (unpaired) electrons. The Labute approximate surface area is 169 Å². The number of rotatable bonds is 7. The standard InChI is InChI=1S/C20H23N5O3S/c1-15-4-6-18(7-5-15)10-13-29(27,28)21-11-12-24-20(26)9-8-19(23-24)25-17(3)14-16(2)22-25/h4-10,13-14,21H,11-12H2,1-3H3/b13-10+. The van der Waals surface area contributed by atoms with Crippen LogP contribution in [0.4, 0.5) is 0 Å². The highest BCUT2D eigenvalue weighted by atomic mass is 32.2. The molecule has 0 spiro atoms. The number of hydrogen-bond donors (Lipinski definition) is 1. The van der Waals surface area contributed by atoms with Crippen molar-refractivity contribution in [3.05, 3.63) is 80.7 Å². The summed E-state index contributed by atoms with van der Waals surface area (Å²) in [7, 11) is -3.63. The maximum absolute atomic E-state index is 12.2. The van der Waals surface area contributed by atoms with Gasteiger partial charge in [-0.1, -0.05) is 29.8 Å². The van der Waals surface area contributed by atoms with Crippen LogP contribution in [0.15, 0.2) is 52.7 Å². The van der Waals surface area contributed by atoms with E-state index in [1.165, 1.54) is 16.8 Å². The van der Waals surface area contributed by atoms with Crippen LogP contribution in [0.3, 0.4) is 0 Å². The number of sulfonamides is 1. The fraction of sp³-hybridized carbons (Fsp3) is 0.250. The van der Waals surface area contributed by atoms with Crippen molar-refractivity contribution in [1.82, 2.24) is 24.3 Å². The molecule has 0 aliphatic rings. The smallest absolute Gasteiger partial charge is 0.266 e. The number of nitrogens with one attached hydrogen (secondary N) is 1. The van der Waals surface area contributed by atoms with Crippen molar-refractivity contribution in [3.63, 3.8) is 0 Å². The van der Waals surface area contributed by atoms with Gasteiger partial charge in [-0.05, 0) is 44.5 Å². The molecular formula is C20H23N5O3S. The van der Waals surface area contributed by atoms with Crippen LogP contribution in [0.5, 0.6) is 0 Å². The zero-order valence-corrected chi connectivity index (χ0v) is 17.3. The van der Waals surface area contributed by atoms with Gasteiger partial charge in [-0.3, -0.25) is 4.79 Å². The summed E-state index contributed by atoms with van der Waals surface area (Å²) < 4.78 is 29.6. The summed E-state index contributed by atoms with van der Waals surface area (Å²) in [6, 6.07) is 12.4. The first-order valence-electron chi connectivity index (χ1n) is 9.10. The normalized spacial score (nSPS) is 12.0. The van der Waals surface area contributed by atoms with Gasteiger partial charge in [0.15, 0.2) is 5.82 Å². The Bertz CT molecular complexity index is 1190. The Morgan fingerprint density at radius 2 is 1.76 bits per heavy atom. The predicted octanol–water partition coefficient (Wildman–Crippen LogP) is 1.94. The van der Waals surface area contributed by atoms with E-state index in [2.05, 4.69) is 14.9 Å². The molecule has 9 heteroatoms. The third-order valence-corrected chi connectivity index (χ3v) is 5.32. The molecule has 1 N–H and O–H groups in total. The third-order valence-electron chi connectivity index (χ3n) is 4.22. The molecule has 3 aromatic rings. The summed E-state index contributed by atoms with van der Waals surface area (Å²) in [6.45, 7) is 5.87. The van der Waals surface area contributed by atoms with Gasteiger partial charge in [0, 0.05) is 23.7 Å². The molecule has 3 rings (SSSR count). The molecule has 0 amide bonds. The zero-order valence-electron chi connectivity index (χ0n) is 16.5. The molecule has 0 aliphatic carbocycles. The molecule has 29 heavy (non-hydrogen) atoms. The second-order valence-electron chi connectivity index (χ2n) is 6.74. The molecule has 152 valence electrons. The lowest BCUT2D eigenvalue weighted by Gasteiger charge is -2.08. The molecule has 0 aliphatic heterocycles. The van der Waals surface area contributed by atoms with E-state index in [-0.39, 0.29) is 18.6 Å². The van der Waals surface area contributed by atoms with Crippen LogP contribution in [-0.2, 0) is 16.6 Å². The molecule has 0 saturated heterocycles. The molecule has 0 atom stereocenters. The predicted molar refractivity (Wildman–Crippen MR) is 112 cm³/mol. The van der Waals surface area contributed by atoms with Crippen LogP contribution in [0.2, 0.25) is 0 Å². The van der Waals surface area contributed by atoms with Crippen LogP contribution in [0, 0.1) is 20.8 Å². The van der Waals surface area contributed by atoms with Gasteiger partial charge in [0.1, 0.15) is 0 Å². The van der Waals surface area contributed by atoms with Crippen molar-refractivity contribution in [1.29, 1.82) is 0 Å². The lowest BCUT2D eigenvalue weighted by Crippen LogP contribution is -2.31. The molecular weight excluding hydrogens is 390 g/mol. The maximum Gasteiger partial charge on any atom is 0.266 e. The summed E-state index contributed by atoms with van der Waals surface area (Å²) in [4.78, 5) is 12.1. The van der Waals surface area contributed by atoms with Gasteiger partial charge in [0.25, 0.3) is 5.56 Å². The first kappa shape index (κ1) is 20.7. The Balaban J connectivity index is 1.66. The van der Waals surface area contributed by atoms with Crippen LogP contribution in [0.1, 0.15) is 22.5 Å². The van der Waals surface area contributed by atoms with Gasteiger partial charge in [-0.15, -0.1) is 5.10 Å². The number of aryl methyl sites for hydroxylation is 3. The van der Waals surface area contributed by atoms with E-state index in [1.807, 2.05) is 51.1 Å². The summed E-state index contributed by atoms with van der Waals surface area (Å²) in [5, 5.41) is 9.75. The minimum absolute atomic E-state index is 0.0358. The summed E-state index contributed by atoms with van der Waals surface area (Å²) in [5.74, 6) is 0.498. The van der Waals surface area contributed by atoms with Crippen LogP contribution >= 0.6 is 0 Å². The lowest BCUT2D eigenvalue weighted by atomic mass is 10.2. The lowest BCUT2D eigenvalue weighted by molar-refractivity contribution is 0.545. The molecule has 0 saturated carbocycles. The van der Waals surface area contributed by atoms with Gasteiger partial charge in [-0.2, -0.15) is 5.10 Å². The fourth-order valence-electron chi connectivity index (χ4n) is 2.76. The highest BCUT2D eigenvalue weighted by Gasteiger charge is 2.09. The molecule has 0 bridgehead atoms. The van der Waals surface area contributed by atoms with E-state index >= 15 is 0 Å². The Morgan fingerprint density at radius 1 is 1.03 bits per heavy atom. The topological polar surface area (TPSA) is 98.9 Å². The van der Waals surface area contributed by atoms with Crippen LogP contribution < -0.4 is 10.3 Å². The van der Waals surface area contributed by atoms with Gasteiger partial charge < -0.3 is 0 Å². The first-order chi connectivity index (χ1) is 13.7. The van der Waals surface area contributed by atoms with E-state index < -0.39 is 10.0 Å². The van der Waals surface area contributed by atoms with E-state index in [0.29, 0.717) is 5.82 Å². The summed E-state index contributed by atoms with van der Waals surface area (Å²) in [6.07, 6.45) is 1.52. The highest BCUT2D eigenvalue weighted by molar-refractivity contribution is 7.92. The number of aromatic nitrogens is 4. The van der Waals surface area contributed by atoms with E-state index in [0.717, 1.165) is 27.9 Å². The van der Waals surface area contributed by atoms with Crippen molar-refractivity contribution in [2.45, 2.75) is 27.3 Å². The minimum Gasteiger partial charge on any atom is -0.268 e. The summed E-state index contributed by atoms with van der Waals surface area (Å²) >= 11 is 0. The second kappa shape index (κ2) is 8.54. The van der Waals surface area contributed by atoms with Crippen molar-refractivity contribution in [3.8, 4) is 5.82 Å². The van der Waals surface area contributed by atoms with E-state index in [9.17, 15) is 13.2 Å². The number of benzene rings is 1. The van der Waals surface area contributed by atoms with E-state index in [1.54, 1.807) is 10.7 Å². The van der Waals surface area contributed by atoms with Gasteiger partial charge in [0.2, 0.25) is 10.0 Å². The Kier molecular flexibility index (Phi) is 6.09. The van der Waals surface area contributed by atoms with Crippen LogP contribution in [0.25, 0.3) is 11.9 Å². The molecule has 0 fully saturated rings. The minimum atomic E-state index is -3.63. The molecule has 1 aromatic carbocycles. The van der Waals surface area contributed by atoms with E-state index in [4.69, 9.17) is 0 Å². The van der Waals surface area contributed by atoms with Crippen molar-refractivity contribution >= 4 is 16.1 Å². The van der Waals surface area contributed by atoms with Gasteiger partial charge in [-0.25, -0.2) is 22.5 Å². The Hall–Kier alpha value is -3.04. The quantitative estimate of drug-likeness (QED) is 0.638. The molecule has 0 unspecified atom stereocenters. The molecule has 8 nitrogen and oxygen atoms in total. The van der Waals surface area contributed by atoms with Crippen molar-refractivity contribution in [2.24, 2.45) is 0 Å². The first-order valence-corrected chi connectivity index (χ1v) is 10.6. The Morgan fingerprint density at radius 3 is 2.41 bits per heavy atom. The molecule has 2 aromatic heterocycles. The van der Waals surface area contributed by atoms with Gasteiger partial charge in [0.05, 0.1) is 12.2 Å². The SMILES string of the molecule is Cc1ccc(/C=C/S(=O)(=O)NCCn2nc(-n3nc(C)cc3C)ccc2=O)cc1. The van der Waals surface area contributed by atoms with Crippen LogP contribution in [-0.4, -0.2) is 34.5 Å². The molecule has 2 heterocycles. The third kappa shape index (κ3) is 5.49. The van der Waals surface area contributed by atoms with Crippen molar-refractivity contribution < 1.29 is 8.42 Å². The number of hydrogen-bond acceptors (Lipinski definition) is 5. The maximum atomic E-state index is 12.2. The zero-order chi connectivity index (χ0) is 21.0. The number of nitrogens with zero attached hydrogens (tertiary/aromatic N) is 4. The fourth-order valence-corrected chi connectivity index (χ4v) is 3.57. The average Bonchev–Trinajstić information content (AvgIpc) is 3.01. The summed E-state index contributed by atoms with van der Waals surface area (Å²) in [5.41, 5.74) is 3.31. The van der Waals surface area contributed by atoms with Gasteiger partial charge >= 0.3 is 0 Å². The monoisotopic (exact) mass is 413 g/mol. The average molecular weight is 414 g/mol. The second-order valence-corrected chi connectivity index (χ2v) is 8.40. The largest absolute Gasteiger partial charge is 0.268 e. The van der Waals surface area contributed by atoms with Crippen molar-refractivity contribution in [2.75, 3.05) is 6.54 Å². The highest BCUT2D eigenvalue weighted by Crippen LogP contribution is 2.08.